The molecule has 1 aliphatic rings. The standard InChI is InChI=1S/C18H20OS/c1-2-18(19)14-7-9-16(10-8-14)20-17-11-6-13-4-3-5-15(13)12-17/h6-12,18-19H,2-5H2,1H3/t18-/m0/s1. The Kier molecular flexibility index (Phi) is 4.13. The van der Waals surface area contributed by atoms with Gasteiger partial charge < -0.3 is 5.11 Å². The zero-order chi connectivity index (χ0) is 13.9. The summed E-state index contributed by atoms with van der Waals surface area (Å²) in [5.74, 6) is 0. The smallest absolute Gasteiger partial charge is 0.0787 e. The molecule has 0 aromatic heterocycles. The van der Waals surface area contributed by atoms with Crippen LogP contribution in [0.5, 0.6) is 0 Å². The lowest BCUT2D eigenvalue weighted by Crippen LogP contribution is -1.94. The zero-order valence-corrected chi connectivity index (χ0v) is 12.6. The molecule has 0 unspecified atom stereocenters. The summed E-state index contributed by atoms with van der Waals surface area (Å²) in [5, 5.41) is 9.81. The normalized spacial score (nSPS) is 15.1. The van der Waals surface area contributed by atoms with Crippen LogP contribution in [0, 0.1) is 0 Å². The Morgan fingerprint density at radius 2 is 1.70 bits per heavy atom. The van der Waals surface area contributed by atoms with Gasteiger partial charge in [0.05, 0.1) is 6.10 Å². The van der Waals surface area contributed by atoms with Crippen LogP contribution in [0.3, 0.4) is 0 Å². The van der Waals surface area contributed by atoms with Crippen LogP contribution in [0.15, 0.2) is 52.3 Å². The summed E-state index contributed by atoms with van der Waals surface area (Å²) < 4.78 is 0. The molecule has 1 atom stereocenters. The predicted octanol–water partition coefficient (Wildman–Crippen LogP) is 4.77. The highest BCUT2D eigenvalue weighted by Gasteiger charge is 2.11. The Balaban J connectivity index is 1.74. The van der Waals surface area contributed by atoms with E-state index in [1.807, 2.05) is 19.1 Å². The van der Waals surface area contributed by atoms with Crippen molar-refractivity contribution in [1.29, 1.82) is 0 Å². The molecule has 2 aromatic carbocycles. The third kappa shape index (κ3) is 2.92. The molecule has 1 N–H and O–H groups in total. The summed E-state index contributed by atoms with van der Waals surface area (Å²) in [6.07, 6.45) is 4.19. The van der Waals surface area contributed by atoms with Crippen LogP contribution in [0.1, 0.15) is 42.6 Å². The van der Waals surface area contributed by atoms with Crippen molar-refractivity contribution in [2.75, 3.05) is 0 Å². The molecule has 1 nitrogen and oxygen atoms in total. The van der Waals surface area contributed by atoms with E-state index in [9.17, 15) is 5.11 Å². The molecule has 0 saturated heterocycles. The fourth-order valence-corrected chi connectivity index (χ4v) is 3.62. The summed E-state index contributed by atoms with van der Waals surface area (Å²) in [7, 11) is 0. The number of aliphatic hydroxyl groups excluding tert-OH is 1. The average Bonchev–Trinajstić information content (AvgIpc) is 2.95. The number of aliphatic hydroxyl groups is 1. The first-order valence-corrected chi connectivity index (χ1v) is 8.15. The van der Waals surface area contributed by atoms with Crippen LogP contribution in [-0.4, -0.2) is 5.11 Å². The SMILES string of the molecule is CC[C@H](O)c1ccc(Sc2ccc3c(c2)CCC3)cc1. The Hall–Kier alpha value is -1.25. The van der Waals surface area contributed by atoms with Gasteiger partial charge in [0.2, 0.25) is 0 Å². The monoisotopic (exact) mass is 284 g/mol. The second kappa shape index (κ2) is 6.02. The number of rotatable bonds is 4. The van der Waals surface area contributed by atoms with Gasteiger partial charge in [0.1, 0.15) is 0 Å². The van der Waals surface area contributed by atoms with Gasteiger partial charge in [0.15, 0.2) is 0 Å². The lowest BCUT2D eigenvalue weighted by atomic mass is 10.1. The minimum Gasteiger partial charge on any atom is -0.388 e. The predicted molar refractivity (Wildman–Crippen MR) is 84.3 cm³/mol. The molecule has 3 rings (SSSR count). The van der Waals surface area contributed by atoms with E-state index in [0.717, 1.165) is 12.0 Å². The number of fused-ring (bicyclic) bond motifs is 1. The van der Waals surface area contributed by atoms with E-state index in [0.29, 0.717) is 0 Å². The van der Waals surface area contributed by atoms with Crippen molar-refractivity contribution >= 4 is 11.8 Å². The molecule has 0 spiro atoms. The molecule has 0 heterocycles. The highest BCUT2D eigenvalue weighted by Crippen LogP contribution is 2.32. The van der Waals surface area contributed by atoms with Gasteiger partial charge in [0.25, 0.3) is 0 Å². The van der Waals surface area contributed by atoms with Gasteiger partial charge in [-0.25, -0.2) is 0 Å². The minimum atomic E-state index is -0.339. The highest BCUT2D eigenvalue weighted by atomic mass is 32.2. The second-order valence-electron chi connectivity index (χ2n) is 5.38. The fraction of sp³-hybridized carbons (Fsp3) is 0.333. The van der Waals surface area contributed by atoms with E-state index in [-0.39, 0.29) is 6.10 Å². The lowest BCUT2D eigenvalue weighted by Gasteiger charge is -2.09. The first-order valence-electron chi connectivity index (χ1n) is 7.34. The van der Waals surface area contributed by atoms with Crippen LogP contribution in [0.25, 0.3) is 0 Å². The topological polar surface area (TPSA) is 20.2 Å². The highest BCUT2D eigenvalue weighted by molar-refractivity contribution is 7.99. The molecule has 0 fully saturated rings. The van der Waals surface area contributed by atoms with E-state index in [4.69, 9.17) is 0 Å². The Morgan fingerprint density at radius 1 is 1.00 bits per heavy atom. The fourth-order valence-electron chi connectivity index (χ4n) is 2.74. The number of benzene rings is 2. The van der Waals surface area contributed by atoms with Crippen LogP contribution >= 0.6 is 11.8 Å². The van der Waals surface area contributed by atoms with Gasteiger partial charge in [-0.1, -0.05) is 36.9 Å². The molecule has 104 valence electrons. The van der Waals surface area contributed by atoms with Crippen molar-refractivity contribution in [3.63, 3.8) is 0 Å². The van der Waals surface area contributed by atoms with Crippen molar-refractivity contribution in [3.8, 4) is 0 Å². The van der Waals surface area contributed by atoms with E-state index >= 15 is 0 Å². The second-order valence-corrected chi connectivity index (χ2v) is 6.53. The van der Waals surface area contributed by atoms with Gasteiger partial charge in [-0.15, -0.1) is 0 Å². The van der Waals surface area contributed by atoms with E-state index in [1.165, 1.54) is 40.2 Å². The Bertz CT molecular complexity index is 589. The number of hydrogen-bond donors (Lipinski definition) is 1. The van der Waals surface area contributed by atoms with Gasteiger partial charge in [0, 0.05) is 9.79 Å². The zero-order valence-electron chi connectivity index (χ0n) is 11.8. The third-order valence-electron chi connectivity index (χ3n) is 3.96. The van der Waals surface area contributed by atoms with E-state index < -0.39 is 0 Å². The maximum atomic E-state index is 9.81. The van der Waals surface area contributed by atoms with Crippen molar-refractivity contribution in [2.45, 2.75) is 48.5 Å². The molecule has 0 amide bonds. The molecule has 0 aliphatic heterocycles. The van der Waals surface area contributed by atoms with Gasteiger partial charge in [-0.05, 0) is 66.6 Å². The summed E-state index contributed by atoms with van der Waals surface area (Å²) in [6, 6.07) is 15.1. The summed E-state index contributed by atoms with van der Waals surface area (Å²) in [4.78, 5) is 2.55. The molecule has 0 bridgehead atoms. The van der Waals surface area contributed by atoms with Crippen molar-refractivity contribution in [1.82, 2.24) is 0 Å². The van der Waals surface area contributed by atoms with Crippen LogP contribution in [0.4, 0.5) is 0 Å². The quantitative estimate of drug-likeness (QED) is 0.872. The Morgan fingerprint density at radius 3 is 2.45 bits per heavy atom. The van der Waals surface area contributed by atoms with Gasteiger partial charge in [-0.3, -0.25) is 0 Å². The lowest BCUT2D eigenvalue weighted by molar-refractivity contribution is 0.173. The molecular weight excluding hydrogens is 264 g/mol. The van der Waals surface area contributed by atoms with Crippen molar-refractivity contribution < 1.29 is 5.11 Å². The van der Waals surface area contributed by atoms with Gasteiger partial charge in [-0.2, -0.15) is 0 Å². The maximum absolute atomic E-state index is 9.81. The molecular formula is C18H20OS. The molecule has 2 heteroatoms. The van der Waals surface area contributed by atoms with Crippen molar-refractivity contribution in [3.05, 3.63) is 59.2 Å². The first-order chi connectivity index (χ1) is 9.76. The van der Waals surface area contributed by atoms with Crippen LogP contribution in [0.2, 0.25) is 0 Å². The Labute approximate surface area is 125 Å². The summed E-state index contributed by atoms with van der Waals surface area (Å²) >= 11 is 1.80. The first kappa shape index (κ1) is 13.7. The molecule has 1 aliphatic carbocycles. The minimum absolute atomic E-state index is 0.339. The van der Waals surface area contributed by atoms with Crippen LogP contribution < -0.4 is 0 Å². The number of hydrogen-bond acceptors (Lipinski definition) is 2. The van der Waals surface area contributed by atoms with E-state index in [1.54, 1.807) is 11.8 Å². The molecule has 2 aromatic rings. The largest absolute Gasteiger partial charge is 0.388 e. The third-order valence-corrected chi connectivity index (χ3v) is 4.95. The van der Waals surface area contributed by atoms with Gasteiger partial charge >= 0.3 is 0 Å². The summed E-state index contributed by atoms with van der Waals surface area (Å²) in [5.41, 5.74) is 4.05. The molecule has 20 heavy (non-hydrogen) atoms. The van der Waals surface area contributed by atoms with E-state index in [2.05, 4.69) is 30.3 Å². The molecule has 0 radical (unpaired) electrons. The average molecular weight is 284 g/mol. The van der Waals surface area contributed by atoms with Crippen LogP contribution in [-0.2, 0) is 12.8 Å². The number of aryl methyl sites for hydroxylation is 2. The van der Waals surface area contributed by atoms with Crippen molar-refractivity contribution in [2.24, 2.45) is 0 Å². The summed E-state index contributed by atoms with van der Waals surface area (Å²) in [6.45, 7) is 2.00. The maximum Gasteiger partial charge on any atom is 0.0787 e. The molecule has 0 saturated carbocycles.